The molecule has 9 aromatic carbocycles. The molecule has 0 spiro atoms. The topological polar surface area (TPSA) is 21.3 Å². The fourth-order valence-electron chi connectivity index (χ4n) is 8.93. The number of hydrogen-bond donors (Lipinski definition) is 0. The smallest absolute Gasteiger partial charge is 0.137 e. The molecule has 58 heavy (non-hydrogen) atoms. The number of thiophene rings is 1. The number of rotatable bonds is 6. The summed E-state index contributed by atoms with van der Waals surface area (Å²) in [6, 6.07) is 74.4. The number of hydrogen-bond acceptors (Lipinski definition) is 3. The van der Waals surface area contributed by atoms with Crippen LogP contribution in [0.5, 0.6) is 0 Å². The largest absolute Gasteiger partial charge is 0.456 e. The predicted molar refractivity (Wildman–Crippen MR) is 247 cm³/mol. The summed E-state index contributed by atoms with van der Waals surface area (Å²) in [5.41, 5.74) is 13.4. The number of aromatic nitrogens is 1. The van der Waals surface area contributed by atoms with Crippen molar-refractivity contribution in [3.05, 3.63) is 206 Å². The maximum Gasteiger partial charge on any atom is 0.137 e. The summed E-state index contributed by atoms with van der Waals surface area (Å²) in [6.07, 6.45) is 0. The van der Waals surface area contributed by atoms with Crippen LogP contribution in [0, 0.1) is 0 Å². The zero-order valence-electron chi connectivity index (χ0n) is 31.3. The third-order valence-electron chi connectivity index (χ3n) is 11.6. The van der Waals surface area contributed by atoms with Crippen molar-refractivity contribution in [1.82, 2.24) is 4.57 Å². The predicted octanol–water partition coefficient (Wildman–Crippen LogP) is 15.9. The van der Waals surface area contributed by atoms with Crippen molar-refractivity contribution in [1.29, 1.82) is 0 Å². The lowest BCUT2D eigenvalue weighted by Gasteiger charge is -2.26. The van der Waals surface area contributed by atoms with Gasteiger partial charge in [-0.25, -0.2) is 0 Å². The van der Waals surface area contributed by atoms with Crippen LogP contribution >= 0.6 is 11.3 Å². The highest BCUT2D eigenvalue weighted by molar-refractivity contribution is 7.26. The summed E-state index contributed by atoms with van der Waals surface area (Å²) >= 11 is 1.85. The minimum Gasteiger partial charge on any atom is -0.456 e. The van der Waals surface area contributed by atoms with Gasteiger partial charge < -0.3 is 13.9 Å². The van der Waals surface area contributed by atoms with E-state index in [9.17, 15) is 0 Å². The molecule has 0 saturated heterocycles. The van der Waals surface area contributed by atoms with Crippen LogP contribution in [0.15, 0.2) is 211 Å². The van der Waals surface area contributed by atoms with E-state index in [2.05, 4.69) is 204 Å². The van der Waals surface area contributed by atoms with Crippen LogP contribution in [-0.4, -0.2) is 4.57 Å². The SMILES string of the molecule is c1ccc(-n2c3ccccc3c3ccccc32)c(-c2ccc(-c3ccc(N(c4ccc5c(c4)oc4ccccc45)c4cccc5c4sc4ccccc45)cc3)cc2)c1. The third-order valence-corrected chi connectivity index (χ3v) is 12.8. The Morgan fingerprint density at radius 2 is 0.966 bits per heavy atom. The molecule has 0 fully saturated rings. The lowest BCUT2D eigenvalue weighted by Crippen LogP contribution is -2.10. The van der Waals surface area contributed by atoms with Crippen LogP contribution < -0.4 is 4.90 Å². The summed E-state index contributed by atoms with van der Waals surface area (Å²) in [4.78, 5) is 2.38. The van der Waals surface area contributed by atoms with E-state index >= 15 is 0 Å². The molecule has 0 radical (unpaired) electrons. The molecule has 3 heterocycles. The van der Waals surface area contributed by atoms with E-state index in [0.717, 1.165) is 39.0 Å². The Kier molecular flexibility index (Phi) is 7.40. The fourth-order valence-corrected chi connectivity index (χ4v) is 10.1. The Bertz CT molecular complexity index is 3460. The zero-order valence-corrected chi connectivity index (χ0v) is 32.2. The number of anilines is 3. The molecule has 0 unspecified atom stereocenters. The molecule has 0 atom stereocenters. The standard InChI is InChI=1S/C54H34N2OS/c1-6-18-47(56-48-19-7-2-13-41(48)42-14-3-8-20-49(42)56)40(12-1)37-26-24-35(25-27-37)36-28-30-38(31-29-36)55(39-32-33-44-43-15-4-9-22-51(43)57-52(44)34-39)50-21-11-17-46-45-16-5-10-23-53(45)58-54(46)50/h1-34H. The first-order chi connectivity index (χ1) is 28.8. The van der Waals surface area contributed by atoms with Crippen LogP contribution in [0.25, 0.3) is 91.9 Å². The molecular weight excluding hydrogens is 725 g/mol. The van der Waals surface area contributed by atoms with E-state index in [1.165, 1.54) is 69.9 Å². The second-order valence-corrected chi connectivity index (χ2v) is 15.9. The molecular formula is C54H34N2OS. The van der Waals surface area contributed by atoms with E-state index < -0.39 is 0 Å². The van der Waals surface area contributed by atoms with Gasteiger partial charge in [-0.1, -0.05) is 140 Å². The van der Waals surface area contributed by atoms with Crippen LogP contribution in [-0.2, 0) is 0 Å². The number of benzene rings is 9. The minimum atomic E-state index is 0.878. The van der Waals surface area contributed by atoms with Gasteiger partial charge in [0.1, 0.15) is 11.2 Å². The number of fused-ring (bicyclic) bond motifs is 9. The van der Waals surface area contributed by atoms with Gasteiger partial charge in [-0.3, -0.25) is 0 Å². The van der Waals surface area contributed by atoms with E-state index in [1.54, 1.807) is 0 Å². The van der Waals surface area contributed by atoms with Gasteiger partial charge in [-0.2, -0.15) is 0 Å². The first-order valence-electron chi connectivity index (χ1n) is 19.7. The van der Waals surface area contributed by atoms with Crippen LogP contribution in [0.2, 0.25) is 0 Å². The highest BCUT2D eigenvalue weighted by atomic mass is 32.1. The van der Waals surface area contributed by atoms with Crippen molar-refractivity contribution in [3.8, 4) is 27.9 Å². The van der Waals surface area contributed by atoms with Crippen molar-refractivity contribution < 1.29 is 4.42 Å². The summed E-state index contributed by atoms with van der Waals surface area (Å²) < 4.78 is 11.4. The second-order valence-electron chi connectivity index (χ2n) is 14.9. The zero-order chi connectivity index (χ0) is 38.2. The molecule has 12 rings (SSSR count). The fraction of sp³-hybridized carbons (Fsp3) is 0. The molecule has 0 aliphatic rings. The summed E-state index contributed by atoms with van der Waals surface area (Å²) in [5, 5.41) is 7.34. The van der Waals surface area contributed by atoms with Gasteiger partial charge in [-0.05, 0) is 77.4 Å². The van der Waals surface area contributed by atoms with Crippen LogP contribution in [0.4, 0.5) is 17.1 Å². The number of nitrogens with zero attached hydrogens (tertiary/aromatic N) is 2. The maximum atomic E-state index is 6.41. The Balaban J connectivity index is 0.941. The Hall–Kier alpha value is -7.40. The summed E-state index contributed by atoms with van der Waals surface area (Å²) in [6.45, 7) is 0. The summed E-state index contributed by atoms with van der Waals surface area (Å²) in [5.74, 6) is 0. The number of para-hydroxylation sites is 4. The van der Waals surface area contributed by atoms with E-state index in [0.29, 0.717) is 0 Å². The average Bonchev–Trinajstić information content (AvgIpc) is 3.97. The van der Waals surface area contributed by atoms with Gasteiger partial charge in [-0.15, -0.1) is 11.3 Å². The molecule has 0 saturated carbocycles. The molecule has 3 aromatic heterocycles. The lowest BCUT2D eigenvalue weighted by atomic mass is 9.98. The first-order valence-corrected chi connectivity index (χ1v) is 20.5. The molecule has 0 bridgehead atoms. The molecule has 3 nitrogen and oxygen atoms in total. The molecule has 0 N–H and O–H groups in total. The molecule has 4 heteroatoms. The van der Waals surface area contributed by atoms with E-state index in [1.807, 2.05) is 23.5 Å². The van der Waals surface area contributed by atoms with Gasteiger partial charge in [0.05, 0.1) is 27.1 Å². The molecule has 0 amide bonds. The van der Waals surface area contributed by atoms with Crippen LogP contribution in [0.1, 0.15) is 0 Å². The third kappa shape index (κ3) is 5.12. The Morgan fingerprint density at radius 1 is 0.397 bits per heavy atom. The second kappa shape index (κ2) is 13.1. The molecule has 272 valence electrons. The van der Waals surface area contributed by atoms with Crippen molar-refractivity contribution in [3.63, 3.8) is 0 Å². The molecule has 0 aliphatic carbocycles. The first kappa shape index (κ1) is 32.8. The molecule has 12 aromatic rings. The molecule has 0 aliphatic heterocycles. The highest BCUT2D eigenvalue weighted by Gasteiger charge is 2.20. The van der Waals surface area contributed by atoms with Gasteiger partial charge >= 0.3 is 0 Å². The van der Waals surface area contributed by atoms with Crippen molar-refractivity contribution >= 4 is 92.3 Å². The maximum absolute atomic E-state index is 6.41. The van der Waals surface area contributed by atoms with Crippen molar-refractivity contribution in [2.75, 3.05) is 4.90 Å². The van der Waals surface area contributed by atoms with Gasteiger partial charge in [0, 0.05) is 60.0 Å². The minimum absolute atomic E-state index is 0.878. The lowest BCUT2D eigenvalue weighted by molar-refractivity contribution is 0.669. The van der Waals surface area contributed by atoms with E-state index in [4.69, 9.17) is 4.42 Å². The quantitative estimate of drug-likeness (QED) is 0.168. The Morgan fingerprint density at radius 3 is 1.74 bits per heavy atom. The van der Waals surface area contributed by atoms with E-state index in [-0.39, 0.29) is 0 Å². The normalized spacial score (nSPS) is 11.8. The average molecular weight is 759 g/mol. The van der Waals surface area contributed by atoms with Crippen molar-refractivity contribution in [2.24, 2.45) is 0 Å². The Labute approximate surface area is 338 Å². The monoisotopic (exact) mass is 758 g/mol. The van der Waals surface area contributed by atoms with Gasteiger partial charge in [0.25, 0.3) is 0 Å². The van der Waals surface area contributed by atoms with Gasteiger partial charge in [0.2, 0.25) is 0 Å². The highest BCUT2D eigenvalue weighted by Crippen LogP contribution is 2.46. The van der Waals surface area contributed by atoms with Crippen LogP contribution in [0.3, 0.4) is 0 Å². The van der Waals surface area contributed by atoms with Gasteiger partial charge in [0.15, 0.2) is 0 Å². The van der Waals surface area contributed by atoms with Crippen molar-refractivity contribution in [2.45, 2.75) is 0 Å². The number of furan rings is 1. The summed E-state index contributed by atoms with van der Waals surface area (Å²) in [7, 11) is 0.